The van der Waals surface area contributed by atoms with Crippen LogP contribution in [-0.2, 0) is 0 Å². The summed E-state index contributed by atoms with van der Waals surface area (Å²) in [6, 6.07) is 60.4. The molecule has 0 saturated heterocycles. The van der Waals surface area contributed by atoms with E-state index in [1.807, 2.05) is 41.7 Å². The van der Waals surface area contributed by atoms with Crippen molar-refractivity contribution in [1.82, 2.24) is 4.98 Å². The van der Waals surface area contributed by atoms with Gasteiger partial charge in [0.05, 0.1) is 0 Å². The first kappa shape index (κ1) is 27.8. The van der Waals surface area contributed by atoms with Gasteiger partial charge in [0.25, 0.3) is 0 Å². The Morgan fingerprint density at radius 3 is 2.02 bits per heavy atom. The number of thiophene rings is 1. The molecule has 0 amide bonds. The van der Waals surface area contributed by atoms with E-state index in [-0.39, 0.29) is 0 Å². The number of benzene rings is 8. The molecule has 4 heteroatoms. The second kappa shape index (κ2) is 11.2. The Hall–Kier alpha value is -6.23. The number of anilines is 3. The molecule has 2 heterocycles. The molecule has 0 atom stereocenters. The first-order valence-corrected chi connectivity index (χ1v) is 17.3. The Balaban J connectivity index is 1.15. The molecule has 0 aliphatic carbocycles. The minimum Gasteiger partial charge on any atom is -0.435 e. The standard InChI is InChI=1S/C45H28N2OS/c1-3-10-31(11-4-1)45-46-40-24-21-30-19-18-29-20-23-36(28-38(29)43(30)44(40)48-45)47(34-13-5-2-6-14-34)35-15-9-12-32(26-35)33-22-25-42-39(27-33)37-16-7-8-17-41(37)49-42/h1-28H. The number of para-hydroxylation sites is 1. The molecular formula is C45H28N2OS. The van der Waals surface area contributed by atoms with Gasteiger partial charge in [-0.3, -0.25) is 0 Å². The van der Waals surface area contributed by atoms with Crippen LogP contribution in [0, 0.1) is 0 Å². The van der Waals surface area contributed by atoms with Crippen LogP contribution in [-0.4, -0.2) is 4.98 Å². The summed E-state index contributed by atoms with van der Waals surface area (Å²) in [7, 11) is 0. The molecule has 49 heavy (non-hydrogen) atoms. The summed E-state index contributed by atoms with van der Waals surface area (Å²) in [5, 5.41) is 7.09. The zero-order valence-corrected chi connectivity index (χ0v) is 27.2. The molecule has 10 rings (SSSR count). The molecular weight excluding hydrogens is 617 g/mol. The van der Waals surface area contributed by atoms with Crippen LogP contribution in [0.3, 0.4) is 0 Å². The molecule has 0 bridgehead atoms. The van der Waals surface area contributed by atoms with E-state index in [1.165, 1.54) is 31.3 Å². The van der Waals surface area contributed by atoms with Gasteiger partial charge in [0.15, 0.2) is 5.58 Å². The number of nitrogens with zero attached hydrogens (tertiary/aromatic N) is 2. The van der Waals surface area contributed by atoms with Crippen molar-refractivity contribution in [2.45, 2.75) is 0 Å². The summed E-state index contributed by atoms with van der Waals surface area (Å²) in [6.07, 6.45) is 0. The summed E-state index contributed by atoms with van der Waals surface area (Å²) < 4.78 is 9.17. The van der Waals surface area contributed by atoms with Gasteiger partial charge in [-0.1, -0.05) is 97.1 Å². The monoisotopic (exact) mass is 644 g/mol. The maximum Gasteiger partial charge on any atom is 0.227 e. The maximum atomic E-state index is 6.54. The highest BCUT2D eigenvalue weighted by Crippen LogP contribution is 2.42. The lowest BCUT2D eigenvalue weighted by Gasteiger charge is -2.26. The van der Waals surface area contributed by atoms with Crippen molar-refractivity contribution in [1.29, 1.82) is 0 Å². The largest absolute Gasteiger partial charge is 0.435 e. The average molecular weight is 645 g/mol. The zero-order chi connectivity index (χ0) is 32.3. The van der Waals surface area contributed by atoms with Crippen LogP contribution in [0.25, 0.3) is 75.4 Å². The Bertz CT molecular complexity index is 2840. The molecule has 8 aromatic carbocycles. The fraction of sp³-hybridized carbons (Fsp3) is 0. The van der Waals surface area contributed by atoms with E-state index in [0.29, 0.717) is 5.89 Å². The zero-order valence-electron chi connectivity index (χ0n) is 26.4. The lowest BCUT2D eigenvalue weighted by Crippen LogP contribution is -2.09. The normalized spacial score (nSPS) is 11.7. The number of hydrogen-bond acceptors (Lipinski definition) is 4. The SMILES string of the molecule is c1ccc(-c2nc3ccc4ccc5ccc(N(c6ccccc6)c6cccc(-c7ccc8sc9ccccc9c8c7)c6)cc5c4c3o2)cc1. The minimum atomic E-state index is 0.632. The van der Waals surface area contributed by atoms with Gasteiger partial charge in [-0.2, -0.15) is 0 Å². The lowest BCUT2D eigenvalue weighted by atomic mass is 9.99. The second-order valence-electron chi connectivity index (χ2n) is 12.4. The summed E-state index contributed by atoms with van der Waals surface area (Å²) in [5.74, 6) is 0.632. The Kier molecular flexibility index (Phi) is 6.36. The first-order chi connectivity index (χ1) is 24.3. The van der Waals surface area contributed by atoms with E-state index < -0.39 is 0 Å². The fourth-order valence-corrected chi connectivity index (χ4v) is 8.19. The highest BCUT2D eigenvalue weighted by Gasteiger charge is 2.18. The van der Waals surface area contributed by atoms with Crippen LogP contribution in [0.5, 0.6) is 0 Å². The third-order valence-electron chi connectivity index (χ3n) is 9.45. The van der Waals surface area contributed by atoms with Crippen molar-refractivity contribution in [3.8, 4) is 22.6 Å². The van der Waals surface area contributed by atoms with E-state index in [9.17, 15) is 0 Å². The summed E-state index contributed by atoms with van der Waals surface area (Å²) in [6.45, 7) is 0. The minimum absolute atomic E-state index is 0.632. The molecule has 230 valence electrons. The van der Waals surface area contributed by atoms with E-state index in [0.717, 1.165) is 55.3 Å². The molecule has 2 aromatic heterocycles. The van der Waals surface area contributed by atoms with Crippen molar-refractivity contribution in [2.75, 3.05) is 4.90 Å². The molecule has 0 radical (unpaired) electrons. The van der Waals surface area contributed by atoms with Gasteiger partial charge in [0.2, 0.25) is 5.89 Å². The van der Waals surface area contributed by atoms with Gasteiger partial charge in [-0.15, -0.1) is 11.3 Å². The number of aromatic nitrogens is 1. The van der Waals surface area contributed by atoms with Gasteiger partial charge in [-0.25, -0.2) is 4.98 Å². The third kappa shape index (κ3) is 4.68. The summed E-state index contributed by atoms with van der Waals surface area (Å²) >= 11 is 1.85. The number of hydrogen-bond donors (Lipinski definition) is 0. The predicted octanol–water partition coefficient (Wildman–Crippen LogP) is 13.3. The van der Waals surface area contributed by atoms with Gasteiger partial charge in [0, 0.05) is 48.2 Å². The molecule has 3 nitrogen and oxygen atoms in total. The maximum absolute atomic E-state index is 6.54. The van der Waals surface area contributed by atoms with E-state index in [4.69, 9.17) is 9.40 Å². The fourth-order valence-electron chi connectivity index (χ4n) is 7.11. The third-order valence-corrected chi connectivity index (χ3v) is 10.6. The number of oxazole rings is 1. The molecule has 0 aliphatic heterocycles. The van der Waals surface area contributed by atoms with E-state index in [2.05, 4.69) is 144 Å². The molecule has 0 unspecified atom stereocenters. The Morgan fingerprint density at radius 2 is 1.12 bits per heavy atom. The lowest BCUT2D eigenvalue weighted by molar-refractivity contribution is 0.623. The van der Waals surface area contributed by atoms with Crippen molar-refractivity contribution in [2.24, 2.45) is 0 Å². The van der Waals surface area contributed by atoms with Gasteiger partial charge in [-0.05, 0) is 100 Å². The molecule has 0 saturated carbocycles. The van der Waals surface area contributed by atoms with Crippen molar-refractivity contribution < 1.29 is 4.42 Å². The van der Waals surface area contributed by atoms with Crippen LogP contribution in [0.15, 0.2) is 174 Å². The van der Waals surface area contributed by atoms with Gasteiger partial charge in [0.1, 0.15) is 5.52 Å². The van der Waals surface area contributed by atoms with Gasteiger partial charge >= 0.3 is 0 Å². The van der Waals surface area contributed by atoms with Crippen molar-refractivity contribution in [3.63, 3.8) is 0 Å². The Morgan fingerprint density at radius 1 is 0.449 bits per heavy atom. The van der Waals surface area contributed by atoms with Gasteiger partial charge < -0.3 is 9.32 Å². The van der Waals surface area contributed by atoms with Crippen LogP contribution in [0.2, 0.25) is 0 Å². The van der Waals surface area contributed by atoms with E-state index >= 15 is 0 Å². The quantitative estimate of drug-likeness (QED) is 0.175. The molecule has 0 N–H and O–H groups in total. The van der Waals surface area contributed by atoms with Crippen LogP contribution >= 0.6 is 11.3 Å². The van der Waals surface area contributed by atoms with Crippen LogP contribution < -0.4 is 4.90 Å². The average Bonchev–Trinajstić information content (AvgIpc) is 3.77. The van der Waals surface area contributed by atoms with Crippen LogP contribution in [0.4, 0.5) is 17.1 Å². The van der Waals surface area contributed by atoms with E-state index in [1.54, 1.807) is 0 Å². The molecule has 0 spiro atoms. The van der Waals surface area contributed by atoms with Crippen molar-refractivity contribution in [3.05, 3.63) is 170 Å². The smallest absolute Gasteiger partial charge is 0.227 e. The Labute approximate surface area is 286 Å². The second-order valence-corrected chi connectivity index (χ2v) is 13.5. The highest BCUT2D eigenvalue weighted by molar-refractivity contribution is 7.25. The number of fused-ring (bicyclic) bond motifs is 8. The first-order valence-electron chi connectivity index (χ1n) is 16.5. The summed E-state index contributed by atoms with van der Waals surface area (Å²) in [5.41, 5.74) is 8.27. The van der Waals surface area contributed by atoms with Crippen LogP contribution in [0.1, 0.15) is 0 Å². The summed E-state index contributed by atoms with van der Waals surface area (Å²) in [4.78, 5) is 7.23. The molecule has 0 aliphatic rings. The topological polar surface area (TPSA) is 29.3 Å². The highest BCUT2D eigenvalue weighted by atomic mass is 32.1. The predicted molar refractivity (Wildman–Crippen MR) is 207 cm³/mol. The molecule has 10 aromatic rings. The number of rotatable bonds is 5. The van der Waals surface area contributed by atoms with Crippen molar-refractivity contribution >= 4 is 81.2 Å². The molecule has 0 fully saturated rings.